The van der Waals surface area contributed by atoms with Crippen LogP contribution in [-0.2, 0) is 4.79 Å². The molecule has 2 aliphatic rings. The van der Waals surface area contributed by atoms with Gasteiger partial charge in [0.25, 0.3) is 5.91 Å². The van der Waals surface area contributed by atoms with E-state index in [0.717, 1.165) is 44.2 Å². The third-order valence-corrected chi connectivity index (χ3v) is 7.08. The zero-order valence-electron chi connectivity index (χ0n) is 20.9. The van der Waals surface area contributed by atoms with Crippen molar-refractivity contribution in [2.24, 2.45) is 0 Å². The van der Waals surface area contributed by atoms with Gasteiger partial charge in [0.15, 0.2) is 11.3 Å². The Bertz CT molecular complexity index is 1280. The van der Waals surface area contributed by atoms with E-state index in [9.17, 15) is 9.59 Å². The molecule has 5 rings (SSSR count). The van der Waals surface area contributed by atoms with E-state index < -0.39 is 0 Å². The number of fused-ring (bicyclic) bond motifs is 1. The summed E-state index contributed by atoms with van der Waals surface area (Å²) in [5.74, 6) is 0.358. The first-order valence-electron chi connectivity index (χ1n) is 12.7. The van der Waals surface area contributed by atoms with Crippen LogP contribution in [0.25, 0.3) is 5.65 Å². The van der Waals surface area contributed by atoms with E-state index >= 15 is 0 Å². The molecule has 0 saturated heterocycles. The van der Waals surface area contributed by atoms with Gasteiger partial charge >= 0.3 is 0 Å². The number of pyridine rings is 1. The number of amides is 2. The zero-order valence-corrected chi connectivity index (χ0v) is 21.7. The highest BCUT2D eigenvalue weighted by molar-refractivity contribution is 6.29. The van der Waals surface area contributed by atoms with Gasteiger partial charge in [-0.05, 0) is 64.6 Å². The van der Waals surface area contributed by atoms with Gasteiger partial charge in [-0.1, -0.05) is 11.6 Å². The van der Waals surface area contributed by atoms with Crippen LogP contribution in [-0.4, -0.2) is 62.6 Å². The molecule has 3 aromatic heterocycles. The van der Waals surface area contributed by atoms with Gasteiger partial charge < -0.3 is 26.6 Å². The van der Waals surface area contributed by atoms with E-state index in [1.807, 2.05) is 13.0 Å². The van der Waals surface area contributed by atoms with Crippen molar-refractivity contribution in [3.63, 3.8) is 0 Å². The van der Waals surface area contributed by atoms with Crippen molar-refractivity contribution in [2.75, 3.05) is 23.0 Å². The third-order valence-electron chi connectivity index (χ3n) is 6.87. The van der Waals surface area contributed by atoms with Gasteiger partial charge in [0, 0.05) is 36.1 Å². The number of rotatable bonds is 9. The molecule has 2 fully saturated rings. The maximum absolute atomic E-state index is 13.1. The van der Waals surface area contributed by atoms with Crippen LogP contribution in [0.4, 0.5) is 17.2 Å². The van der Waals surface area contributed by atoms with Crippen LogP contribution in [0.3, 0.4) is 0 Å². The molecule has 2 amide bonds. The van der Waals surface area contributed by atoms with E-state index in [2.05, 4.69) is 36.6 Å². The molecule has 5 N–H and O–H groups in total. The predicted molar refractivity (Wildman–Crippen MR) is 143 cm³/mol. The fraction of sp³-hybridized carbons (Fsp3) is 0.480. The van der Waals surface area contributed by atoms with Gasteiger partial charge in [-0.3, -0.25) is 9.59 Å². The molecule has 0 bridgehead atoms. The summed E-state index contributed by atoms with van der Waals surface area (Å²) in [5, 5.41) is 21.0. The van der Waals surface area contributed by atoms with Crippen molar-refractivity contribution in [1.82, 2.24) is 30.2 Å². The van der Waals surface area contributed by atoms with E-state index in [0.29, 0.717) is 34.0 Å². The highest BCUT2D eigenvalue weighted by atomic mass is 35.5. The number of halogens is 1. The van der Waals surface area contributed by atoms with Crippen molar-refractivity contribution in [1.29, 1.82) is 0 Å². The Kier molecular flexibility index (Phi) is 7.43. The van der Waals surface area contributed by atoms with Crippen LogP contribution in [0.1, 0.15) is 55.9 Å². The van der Waals surface area contributed by atoms with Gasteiger partial charge in [0.2, 0.25) is 5.91 Å². The number of hydrogen-bond acceptors (Lipinski definition) is 8. The van der Waals surface area contributed by atoms with Crippen LogP contribution < -0.4 is 26.6 Å². The molecule has 12 heteroatoms. The van der Waals surface area contributed by atoms with E-state index in [-0.39, 0.29) is 29.9 Å². The maximum Gasteiger partial charge on any atom is 0.276 e. The van der Waals surface area contributed by atoms with Crippen LogP contribution in [0.5, 0.6) is 0 Å². The Hall–Kier alpha value is -3.44. The zero-order chi connectivity index (χ0) is 25.9. The Morgan fingerprint density at radius 1 is 1.03 bits per heavy atom. The first kappa shape index (κ1) is 25.2. The van der Waals surface area contributed by atoms with E-state index in [1.165, 1.54) is 12.4 Å². The number of likely N-dealkylation sites (N-methyl/N-ethyl adjacent to an activating group) is 1. The molecule has 2 saturated carbocycles. The second-order valence-corrected chi connectivity index (χ2v) is 10.2. The number of anilines is 3. The fourth-order valence-corrected chi connectivity index (χ4v) is 4.65. The number of imidazole rings is 1. The Labute approximate surface area is 220 Å². The number of nitrogens with zero attached hydrogens (tertiary/aromatic N) is 4. The summed E-state index contributed by atoms with van der Waals surface area (Å²) in [7, 11) is 1.78. The molecule has 0 aliphatic heterocycles. The second kappa shape index (κ2) is 10.9. The number of aromatic nitrogens is 4. The molecular weight excluding hydrogens is 494 g/mol. The second-order valence-electron chi connectivity index (χ2n) is 9.77. The molecule has 2 aliphatic carbocycles. The Morgan fingerprint density at radius 3 is 2.43 bits per heavy atom. The molecule has 11 nitrogen and oxygen atoms in total. The lowest BCUT2D eigenvalue weighted by atomic mass is 9.91. The standard InChI is InChI=1S/C25H32ClN9O2/c1-14(27-2)24(36)32-17-7-5-16(6-8-17)31-22-12-19(30-15-3-4-15)23-29-13-20(35(23)34-22)25(37)33-18-9-10-28-21(26)11-18/h9-17,27,30H,3-8H2,1-2H3,(H,31,34)(H,32,36)(H,28,33,37)/t14-,16-,17-/m1/s1. The van der Waals surface area contributed by atoms with Crippen LogP contribution in [0.15, 0.2) is 30.6 Å². The van der Waals surface area contributed by atoms with Gasteiger partial charge in [-0.2, -0.15) is 0 Å². The maximum atomic E-state index is 13.1. The van der Waals surface area contributed by atoms with Gasteiger partial charge in [0.05, 0.1) is 17.9 Å². The molecule has 0 spiro atoms. The number of nitrogens with one attached hydrogen (secondary N) is 5. The summed E-state index contributed by atoms with van der Waals surface area (Å²) < 4.78 is 1.58. The normalized spacial score (nSPS) is 20.3. The summed E-state index contributed by atoms with van der Waals surface area (Å²) in [6, 6.07) is 5.82. The molecule has 0 unspecified atom stereocenters. The predicted octanol–water partition coefficient (Wildman–Crippen LogP) is 3.05. The molecule has 0 radical (unpaired) electrons. The molecule has 3 heterocycles. The lowest BCUT2D eigenvalue weighted by molar-refractivity contribution is -0.123. The van der Waals surface area contributed by atoms with Crippen LogP contribution >= 0.6 is 11.6 Å². The third kappa shape index (κ3) is 6.11. The molecular formula is C25H32ClN9O2. The van der Waals surface area contributed by atoms with E-state index in [1.54, 1.807) is 23.7 Å². The SMILES string of the molecule is CN[C@H](C)C(=O)N[C@H]1CC[C@H](Nc2cc(NC3CC3)c3ncc(C(=O)Nc4ccnc(Cl)c4)n3n2)CC1. The molecule has 196 valence electrons. The number of hydrogen-bond donors (Lipinski definition) is 5. The van der Waals surface area contributed by atoms with Crippen molar-refractivity contribution < 1.29 is 9.59 Å². The highest BCUT2D eigenvalue weighted by Gasteiger charge is 2.27. The minimum atomic E-state index is -0.344. The summed E-state index contributed by atoms with van der Waals surface area (Å²) >= 11 is 5.96. The number of carbonyl (C=O) groups is 2. The van der Waals surface area contributed by atoms with E-state index in [4.69, 9.17) is 16.7 Å². The van der Waals surface area contributed by atoms with Crippen LogP contribution in [0, 0.1) is 0 Å². The van der Waals surface area contributed by atoms with Crippen molar-refractivity contribution in [3.05, 3.63) is 41.4 Å². The summed E-state index contributed by atoms with van der Waals surface area (Å²) in [6.45, 7) is 1.86. The van der Waals surface area contributed by atoms with Crippen molar-refractivity contribution in [3.8, 4) is 0 Å². The molecule has 1 atom stereocenters. The van der Waals surface area contributed by atoms with Crippen molar-refractivity contribution in [2.45, 2.75) is 69.6 Å². The summed E-state index contributed by atoms with van der Waals surface area (Å²) in [5.41, 5.74) is 2.29. The minimum Gasteiger partial charge on any atom is -0.379 e. The molecule has 37 heavy (non-hydrogen) atoms. The monoisotopic (exact) mass is 525 g/mol. The minimum absolute atomic E-state index is 0.0294. The van der Waals surface area contributed by atoms with Gasteiger partial charge in [0.1, 0.15) is 11.0 Å². The summed E-state index contributed by atoms with van der Waals surface area (Å²) in [6.07, 6.45) is 8.87. The first-order valence-corrected chi connectivity index (χ1v) is 13.1. The summed E-state index contributed by atoms with van der Waals surface area (Å²) in [4.78, 5) is 33.7. The lowest BCUT2D eigenvalue weighted by Gasteiger charge is -2.30. The van der Waals surface area contributed by atoms with Gasteiger partial charge in [-0.25, -0.2) is 14.5 Å². The quantitative estimate of drug-likeness (QED) is 0.269. The molecule has 0 aromatic carbocycles. The Balaban J connectivity index is 1.31. The largest absolute Gasteiger partial charge is 0.379 e. The fourth-order valence-electron chi connectivity index (χ4n) is 4.47. The smallest absolute Gasteiger partial charge is 0.276 e. The first-order chi connectivity index (χ1) is 17.9. The highest BCUT2D eigenvalue weighted by Crippen LogP contribution is 2.30. The number of carbonyl (C=O) groups excluding carboxylic acids is 2. The molecule has 3 aromatic rings. The van der Waals surface area contributed by atoms with Crippen molar-refractivity contribution >= 4 is 46.3 Å². The van der Waals surface area contributed by atoms with Crippen LogP contribution in [0.2, 0.25) is 5.15 Å². The van der Waals surface area contributed by atoms with Gasteiger partial charge in [-0.15, -0.1) is 5.10 Å². The lowest BCUT2D eigenvalue weighted by Crippen LogP contribution is -2.47. The Morgan fingerprint density at radius 2 is 1.73 bits per heavy atom. The average Bonchev–Trinajstić information content (AvgIpc) is 3.59. The topological polar surface area (TPSA) is 137 Å². The average molecular weight is 526 g/mol.